The lowest BCUT2D eigenvalue weighted by atomic mass is 10.2. The first-order valence-corrected chi connectivity index (χ1v) is 9.43. The van der Waals surface area contributed by atoms with Crippen LogP contribution in [0, 0.1) is 6.92 Å². The van der Waals surface area contributed by atoms with E-state index in [1.165, 1.54) is 0 Å². The second-order valence-corrected chi connectivity index (χ2v) is 7.11. The van der Waals surface area contributed by atoms with Gasteiger partial charge in [0.25, 0.3) is 5.91 Å². The molecule has 0 aliphatic carbocycles. The van der Waals surface area contributed by atoms with Gasteiger partial charge in [0.2, 0.25) is 0 Å². The number of carbonyl (C=O) groups excluding carboxylic acids is 1. The molecule has 0 bridgehead atoms. The van der Waals surface area contributed by atoms with E-state index in [9.17, 15) is 4.79 Å². The highest BCUT2D eigenvalue weighted by molar-refractivity contribution is 6.35. The summed E-state index contributed by atoms with van der Waals surface area (Å²) in [5, 5.41) is 3.66. The van der Waals surface area contributed by atoms with Gasteiger partial charge in [0.05, 0.1) is 5.02 Å². The molecule has 0 aliphatic heterocycles. The highest BCUT2D eigenvalue weighted by Crippen LogP contribution is 2.28. The standard InChI is InChI=1S/C22H19Cl2NO3/c1-14-4-3-5-19(12-14)28-18-9-7-17(8-10-18)25-22(26)15(2)27-21-11-6-16(23)13-20(21)24/h3-13,15H,1-2H3,(H,25,26)/t15-/m0/s1. The molecule has 0 spiro atoms. The van der Waals surface area contributed by atoms with E-state index in [0.29, 0.717) is 27.2 Å². The van der Waals surface area contributed by atoms with Gasteiger partial charge in [-0.3, -0.25) is 4.79 Å². The average molecular weight is 416 g/mol. The monoisotopic (exact) mass is 415 g/mol. The Hall–Kier alpha value is -2.69. The SMILES string of the molecule is Cc1cccc(Oc2ccc(NC(=O)[C@H](C)Oc3ccc(Cl)cc3Cl)cc2)c1. The topological polar surface area (TPSA) is 47.6 Å². The number of hydrogen-bond donors (Lipinski definition) is 1. The lowest BCUT2D eigenvalue weighted by Crippen LogP contribution is -2.30. The van der Waals surface area contributed by atoms with Gasteiger partial charge in [0.1, 0.15) is 17.2 Å². The molecular formula is C22H19Cl2NO3. The van der Waals surface area contributed by atoms with Crippen molar-refractivity contribution in [1.82, 2.24) is 0 Å². The molecule has 1 N–H and O–H groups in total. The summed E-state index contributed by atoms with van der Waals surface area (Å²) in [6.45, 7) is 3.65. The van der Waals surface area contributed by atoms with E-state index in [-0.39, 0.29) is 5.91 Å². The van der Waals surface area contributed by atoms with Gasteiger partial charge in [-0.15, -0.1) is 0 Å². The Morgan fingerprint density at radius 1 is 0.964 bits per heavy atom. The van der Waals surface area contributed by atoms with Crippen molar-refractivity contribution in [2.45, 2.75) is 20.0 Å². The van der Waals surface area contributed by atoms with Gasteiger partial charge >= 0.3 is 0 Å². The van der Waals surface area contributed by atoms with Crippen LogP contribution in [0.4, 0.5) is 5.69 Å². The fourth-order valence-electron chi connectivity index (χ4n) is 2.48. The molecule has 28 heavy (non-hydrogen) atoms. The zero-order chi connectivity index (χ0) is 20.1. The summed E-state index contributed by atoms with van der Waals surface area (Å²) in [5.74, 6) is 1.55. The number of halogens is 2. The third-order valence-corrected chi connectivity index (χ3v) is 4.44. The number of anilines is 1. The molecule has 144 valence electrons. The van der Waals surface area contributed by atoms with Gasteiger partial charge < -0.3 is 14.8 Å². The molecule has 3 rings (SSSR count). The Labute approximate surface area is 174 Å². The van der Waals surface area contributed by atoms with Crippen LogP contribution in [-0.4, -0.2) is 12.0 Å². The van der Waals surface area contributed by atoms with Crippen LogP contribution >= 0.6 is 23.2 Å². The zero-order valence-electron chi connectivity index (χ0n) is 15.4. The Morgan fingerprint density at radius 3 is 2.39 bits per heavy atom. The lowest BCUT2D eigenvalue weighted by Gasteiger charge is -2.16. The lowest BCUT2D eigenvalue weighted by molar-refractivity contribution is -0.122. The predicted octanol–water partition coefficient (Wildman–Crippen LogP) is 6.50. The fraction of sp³-hybridized carbons (Fsp3) is 0.136. The van der Waals surface area contributed by atoms with Gasteiger partial charge in [-0.25, -0.2) is 0 Å². The van der Waals surface area contributed by atoms with Gasteiger partial charge in [-0.1, -0.05) is 35.3 Å². The minimum absolute atomic E-state index is 0.293. The van der Waals surface area contributed by atoms with Crippen molar-refractivity contribution < 1.29 is 14.3 Å². The zero-order valence-corrected chi connectivity index (χ0v) is 16.9. The first kappa shape index (κ1) is 20.1. The van der Waals surface area contributed by atoms with E-state index >= 15 is 0 Å². The number of hydrogen-bond acceptors (Lipinski definition) is 3. The maximum Gasteiger partial charge on any atom is 0.265 e. The van der Waals surface area contributed by atoms with E-state index in [1.54, 1.807) is 49.4 Å². The van der Waals surface area contributed by atoms with Crippen LogP contribution in [0.25, 0.3) is 0 Å². The largest absolute Gasteiger partial charge is 0.479 e. The highest BCUT2D eigenvalue weighted by atomic mass is 35.5. The molecule has 6 heteroatoms. The molecule has 0 aromatic heterocycles. The van der Waals surface area contributed by atoms with E-state index in [2.05, 4.69) is 5.32 Å². The Kier molecular flexibility index (Phi) is 6.45. The second kappa shape index (κ2) is 9.00. The van der Waals surface area contributed by atoms with Gasteiger partial charge in [0.15, 0.2) is 6.10 Å². The summed E-state index contributed by atoms with van der Waals surface area (Å²) in [7, 11) is 0. The number of carbonyl (C=O) groups is 1. The summed E-state index contributed by atoms with van der Waals surface area (Å²) in [6.07, 6.45) is -0.734. The first-order chi connectivity index (χ1) is 13.4. The number of benzene rings is 3. The van der Waals surface area contributed by atoms with Gasteiger partial charge in [-0.05, 0) is 74.0 Å². The van der Waals surface area contributed by atoms with Crippen molar-refractivity contribution in [2.75, 3.05) is 5.32 Å². The molecule has 0 heterocycles. The molecule has 0 fully saturated rings. The number of amides is 1. The minimum atomic E-state index is -0.734. The van der Waals surface area contributed by atoms with Crippen LogP contribution in [0.2, 0.25) is 10.0 Å². The number of nitrogens with one attached hydrogen (secondary N) is 1. The van der Waals surface area contributed by atoms with Crippen molar-refractivity contribution in [2.24, 2.45) is 0 Å². The van der Waals surface area contributed by atoms with E-state index in [1.807, 2.05) is 31.2 Å². The molecule has 0 aliphatic rings. The van der Waals surface area contributed by atoms with Crippen LogP contribution in [0.15, 0.2) is 66.7 Å². The quantitative estimate of drug-likeness (QED) is 0.499. The molecule has 1 amide bonds. The molecule has 0 saturated carbocycles. The third kappa shape index (κ3) is 5.41. The molecule has 4 nitrogen and oxygen atoms in total. The fourth-order valence-corrected chi connectivity index (χ4v) is 2.93. The van der Waals surface area contributed by atoms with Crippen molar-refractivity contribution in [3.63, 3.8) is 0 Å². The highest BCUT2D eigenvalue weighted by Gasteiger charge is 2.16. The molecule has 3 aromatic carbocycles. The van der Waals surface area contributed by atoms with Crippen molar-refractivity contribution in [1.29, 1.82) is 0 Å². The van der Waals surface area contributed by atoms with Crippen molar-refractivity contribution >= 4 is 34.8 Å². The molecule has 0 saturated heterocycles. The Morgan fingerprint density at radius 2 is 1.71 bits per heavy atom. The van der Waals surface area contributed by atoms with E-state index in [4.69, 9.17) is 32.7 Å². The van der Waals surface area contributed by atoms with Crippen LogP contribution in [0.5, 0.6) is 17.2 Å². The predicted molar refractivity (Wildman–Crippen MR) is 113 cm³/mol. The Bertz CT molecular complexity index is 974. The second-order valence-electron chi connectivity index (χ2n) is 6.27. The molecule has 0 unspecified atom stereocenters. The Balaban J connectivity index is 1.59. The summed E-state index contributed by atoms with van der Waals surface area (Å²) in [4.78, 5) is 12.4. The third-order valence-electron chi connectivity index (χ3n) is 3.91. The number of rotatable bonds is 6. The first-order valence-electron chi connectivity index (χ1n) is 8.68. The van der Waals surface area contributed by atoms with Gasteiger partial charge in [-0.2, -0.15) is 0 Å². The van der Waals surface area contributed by atoms with Crippen molar-refractivity contribution in [3.05, 3.63) is 82.3 Å². The number of aryl methyl sites for hydroxylation is 1. The smallest absolute Gasteiger partial charge is 0.265 e. The maximum atomic E-state index is 12.4. The van der Waals surface area contributed by atoms with Crippen LogP contribution < -0.4 is 14.8 Å². The van der Waals surface area contributed by atoms with E-state index in [0.717, 1.165) is 11.3 Å². The van der Waals surface area contributed by atoms with E-state index < -0.39 is 6.10 Å². The summed E-state index contributed by atoms with van der Waals surface area (Å²) >= 11 is 11.9. The summed E-state index contributed by atoms with van der Waals surface area (Å²) in [6, 6.07) is 19.8. The summed E-state index contributed by atoms with van der Waals surface area (Å²) in [5.41, 5.74) is 1.76. The molecule has 3 aromatic rings. The molecule has 1 atom stereocenters. The normalized spacial score (nSPS) is 11.6. The van der Waals surface area contributed by atoms with Gasteiger partial charge in [0, 0.05) is 10.7 Å². The average Bonchev–Trinajstić information content (AvgIpc) is 2.65. The number of ether oxygens (including phenoxy) is 2. The van der Waals surface area contributed by atoms with Crippen LogP contribution in [-0.2, 0) is 4.79 Å². The van der Waals surface area contributed by atoms with Crippen molar-refractivity contribution in [3.8, 4) is 17.2 Å². The van der Waals surface area contributed by atoms with Crippen LogP contribution in [0.1, 0.15) is 12.5 Å². The molecular weight excluding hydrogens is 397 g/mol. The summed E-state index contributed by atoms with van der Waals surface area (Å²) < 4.78 is 11.4. The molecule has 0 radical (unpaired) electrons. The maximum absolute atomic E-state index is 12.4. The minimum Gasteiger partial charge on any atom is -0.479 e. The van der Waals surface area contributed by atoms with Crippen LogP contribution in [0.3, 0.4) is 0 Å².